The zero-order chi connectivity index (χ0) is 33.2. The van der Waals surface area contributed by atoms with E-state index >= 15 is 0 Å². The van der Waals surface area contributed by atoms with E-state index in [4.69, 9.17) is 23.8 Å². The molecule has 1 fully saturated rings. The van der Waals surface area contributed by atoms with Crippen molar-refractivity contribution in [2.45, 2.75) is 31.1 Å². The Hall–Kier alpha value is -4.41. The predicted octanol–water partition coefficient (Wildman–Crippen LogP) is 2.95. The monoisotopic (exact) mass is 681 g/mol. The lowest BCUT2D eigenvalue weighted by atomic mass is 10.1. The number of para-hydroxylation sites is 1. The number of carbonyl (C=O) groups is 3. The van der Waals surface area contributed by atoms with E-state index < -0.39 is 75.7 Å². The minimum Gasteiger partial charge on any atom is -0.481 e. The summed E-state index contributed by atoms with van der Waals surface area (Å²) < 4.78 is 50.4. The van der Waals surface area contributed by atoms with Gasteiger partial charge in [0.15, 0.2) is 0 Å². The van der Waals surface area contributed by atoms with Gasteiger partial charge in [-0.05, 0) is 24.3 Å². The second-order valence-electron chi connectivity index (χ2n) is 9.98. The van der Waals surface area contributed by atoms with E-state index in [9.17, 15) is 43.4 Å². The van der Waals surface area contributed by atoms with Crippen molar-refractivity contribution in [1.82, 2.24) is 10.2 Å². The lowest BCUT2D eigenvalue weighted by Crippen LogP contribution is -2.51. The lowest BCUT2D eigenvalue weighted by Gasteiger charge is -2.31. The molecule has 4 N–H and O–H groups in total. The summed E-state index contributed by atoms with van der Waals surface area (Å²) in [6, 6.07) is 12.9. The van der Waals surface area contributed by atoms with E-state index in [0.717, 1.165) is 4.90 Å². The first-order valence-electron chi connectivity index (χ1n) is 13.3. The average molecular weight is 681 g/mol. The number of phosphoric acid groups is 1. The summed E-state index contributed by atoms with van der Waals surface area (Å²) >= 11 is 0. The van der Waals surface area contributed by atoms with Gasteiger partial charge in [-0.15, -0.1) is 0 Å². The normalized spacial score (nSPS) is 24.7. The Morgan fingerprint density at radius 2 is 1.80 bits per heavy atom. The van der Waals surface area contributed by atoms with Crippen LogP contribution >= 0.6 is 15.4 Å². The molecular formula is C26H25N3O15P2. The summed E-state index contributed by atoms with van der Waals surface area (Å²) in [5.74, 6) is -2.44. The molecule has 6 atom stereocenters. The molecule has 0 spiro atoms. The number of nitrogens with one attached hydrogen (secondary N) is 1. The van der Waals surface area contributed by atoms with Gasteiger partial charge in [0.1, 0.15) is 30.4 Å². The molecule has 1 saturated heterocycles. The van der Waals surface area contributed by atoms with E-state index in [-0.39, 0.29) is 29.0 Å². The van der Waals surface area contributed by atoms with E-state index in [2.05, 4.69) is 9.63 Å². The Bertz CT molecular complexity index is 1710. The standard InChI is InChI=1S/C26H25N3O15P2/c30-23(31)14-45(36,37)44-46(38,39)40-13-21-20(43-25(32)15-6-2-1-3-7-15)11-22(41-21)28-12-16-10-19(42-24(16)27-26(28)33)17-8-4-5-9-18(17)29(34)35/h1-10,12,20-22,24H,11,13-14H2,(H,27,33)(H,30,31)(H,36,37)(H,38,39). The lowest BCUT2D eigenvalue weighted by molar-refractivity contribution is -0.385. The number of nitro benzene ring substituents is 1. The van der Waals surface area contributed by atoms with Gasteiger partial charge < -0.3 is 29.1 Å². The summed E-state index contributed by atoms with van der Waals surface area (Å²) in [6.45, 7) is -0.858. The van der Waals surface area contributed by atoms with E-state index in [1.165, 1.54) is 42.6 Å². The average Bonchev–Trinajstić information content (AvgIpc) is 3.58. The first-order chi connectivity index (χ1) is 21.7. The molecule has 2 aromatic rings. The van der Waals surface area contributed by atoms with Crippen molar-refractivity contribution in [3.8, 4) is 0 Å². The number of carboxylic acid groups (broad SMARTS) is 1. The second kappa shape index (κ2) is 13.1. The third kappa shape index (κ3) is 7.68. The highest BCUT2D eigenvalue weighted by Crippen LogP contribution is 2.59. The molecular weight excluding hydrogens is 656 g/mol. The van der Waals surface area contributed by atoms with Crippen molar-refractivity contribution in [3.63, 3.8) is 0 Å². The number of hydrogen-bond donors (Lipinski definition) is 4. The van der Waals surface area contributed by atoms with E-state index in [0.29, 0.717) is 5.57 Å². The van der Waals surface area contributed by atoms with Crippen molar-refractivity contribution in [3.05, 3.63) is 93.7 Å². The predicted molar refractivity (Wildman–Crippen MR) is 153 cm³/mol. The van der Waals surface area contributed by atoms with Crippen molar-refractivity contribution in [2.24, 2.45) is 0 Å². The molecule has 2 aromatic carbocycles. The number of nitro groups is 1. The fourth-order valence-corrected chi connectivity index (χ4v) is 7.14. The van der Waals surface area contributed by atoms with Crippen LogP contribution in [-0.2, 0) is 37.0 Å². The van der Waals surface area contributed by atoms with E-state index in [1.807, 2.05) is 0 Å². The highest BCUT2D eigenvalue weighted by Gasteiger charge is 2.46. The summed E-state index contributed by atoms with van der Waals surface area (Å²) in [4.78, 5) is 68.3. The molecule has 0 saturated carbocycles. The number of urea groups is 1. The Kier molecular flexibility index (Phi) is 9.42. The fraction of sp³-hybridized carbons (Fsp3) is 0.269. The van der Waals surface area contributed by atoms with Crippen LogP contribution in [0.15, 0.2) is 72.4 Å². The maximum Gasteiger partial charge on any atom is 0.479 e. The number of esters is 1. The van der Waals surface area contributed by atoms with Gasteiger partial charge in [-0.3, -0.25) is 34.2 Å². The summed E-state index contributed by atoms with van der Waals surface area (Å²) in [7, 11) is -10.4. The minimum absolute atomic E-state index is 0.127. The Morgan fingerprint density at radius 3 is 2.50 bits per heavy atom. The summed E-state index contributed by atoms with van der Waals surface area (Å²) in [5, 5.41) is 22.8. The minimum atomic E-state index is -5.34. The topological polar surface area (TPSA) is 251 Å². The van der Waals surface area contributed by atoms with Gasteiger partial charge in [-0.1, -0.05) is 30.3 Å². The molecule has 2 amide bonds. The maximum absolute atomic E-state index is 13.1. The van der Waals surface area contributed by atoms with Gasteiger partial charge in [0.25, 0.3) is 5.69 Å². The fourth-order valence-electron chi connectivity index (χ4n) is 4.75. The zero-order valence-corrected chi connectivity index (χ0v) is 25.1. The molecule has 6 unspecified atom stereocenters. The van der Waals surface area contributed by atoms with Crippen molar-refractivity contribution < 1.29 is 66.4 Å². The second-order valence-corrected chi connectivity index (χ2v) is 13.4. The number of phosphoric ester groups is 1. The molecule has 46 heavy (non-hydrogen) atoms. The largest absolute Gasteiger partial charge is 0.481 e. The number of fused-ring (bicyclic) bond motifs is 1. The first-order valence-corrected chi connectivity index (χ1v) is 16.5. The third-order valence-electron chi connectivity index (χ3n) is 6.72. The molecule has 5 rings (SSSR count). The van der Waals surface area contributed by atoms with E-state index in [1.54, 1.807) is 24.3 Å². The van der Waals surface area contributed by atoms with Crippen molar-refractivity contribution in [2.75, 3.05) is 12.8 Å². The van der Waals surface area contributed by atoms with Gasteiger partial charge in [0.2, 0.25) is 6.23 Å². The van der Waals surface area contributed by atoms with Gasteiger partial charge >= 0.3 is 33.4 Å². The SMILES string of the molecule is O=C(O)CP(=O)(O)OP(=O)(O)OCC1OC(N2C=C3C=C(c4ccccc4[N+](=O)[O-])OC3NC2=O)CC1OC(=O)c1ccccc1. The summed E-state index contributed by atoms with van der Waals surface area (Å²) in [5.41, 5.74) is 0.511. The Morgan fingerprint density at radius 1 is 1.11 bits per heavy atom. The number of carboxylic acids is 1. The molecule has 3 aliphatic heterocycles. The molecule has 3 heterocycles. The zero-order valence-electron chi connectivity index (χ0n) is 23.3. The molecule has 0 aliphatic carbocycles. The molecule has 20 heteroatoms. The number of aliphatic carboxylic acids is 1. The molecule has 0 bridgehead atoms. The highest BCUT2D eigenvalue weighted by molar-refractivity contribution is 7.64. The molecule has 18 nitrogen and oxygen atoms in total. The van der Waals surface area contributed by atoms with Crippen LogP contribution in [0.4, 0.5) is 10.5 Å². The third-order valence-corrected chi connectivity index (χ3v) is 9.71. The van der Waals surface area contributed by atoms with Crippen molar-refractivity contribution in [1.29, 1.82) is 0 Å². The van der Waals surface area contributed by atoms with Gasteiger partial charge in [-0.25, -0.2) is 18.5 Å². The van der Waals surface area contributed by atoms with Gasteiger partial charge in [0, 0.05) is 24.3 Å². The van der Waals surface area contributed by atoms with Crippen LogP contribution in [0, 0.1) is 10.1 Å². The number of rotatable bonds is 12. The molecule has 0 aromatic heterocycles. The highest BCUT2D eigenvalue weighted by atomic mass is 31.3. The first kappa shape index (κ1) is 33.0. The summed E-state index contributed by atoms with van der Waals surface area (Å²) in [6.07, 6.45) is -3.46. The number of amides is 2. The quantitative estimate of drug-likeness (QED) is 0.109. The number of nitrogens with zero attached hydrogens (tertiary/aromatic N) is 2. The number of ether oxygens (including phenoxy) is 3. The number of hydrogen-bond acceptors (Lipinski definition) is 12. The molecule has 244 valence electrons. The molecule has 0 radical (unpaired) electrons. The van der Waals surface area contributed by atoms with Crippen LogP contribution in [-0.4, -0.2) is 80.1 Å². The van der Waals surface area contributed by atoms with Crippen LogP contribution in [0.3, 0.4) is 0 Å². The Labute approximate surface area is 259 Å². The maximum atomic E-state index is 13.1. The molecule has 3 aliphatic rings. The van der Waals surface area contributed by atoms with Crippen LogP contribution in [0.25, 0.3) is 5.76 Å². The number of carbonyl (C=O) groups excluding carboxylic acids is 2. The van der Waals surface area contributed by atoms with Gasteiger partial charge in [0.05, 0.1) is 22.7 Å². The Balaban J connectivity index is 1.36. The van der Waals surface area contributed by atoms with Gasteiger partial charge in [-0.2, -0.15) is 0 Å². The van der Waals surface area contributed by atoms with Crippen LogP contribution in [0.5, 0.6) is 0 Å². The van der Waals surface area contributed by atoms with Crippen LogP contribution < -0.4 is 5.32 Å². The van der Waals surface area contributed by atoms with Crippen LogP contribution in [0.2, 0.25) is 0 Å². The number of benzene rings is 2. The smallest absolute Gasteiger partial charge is 0.479 e. The van der Waals surface area contributed by atoms with Crippen LogP contribution in [0.1, 0.15) is 22.3 Å². The van der Waals surface area contributed by atoms with Crippen molar-refractivity contribution >= 4 is 44.8 Å².